The van der Waals surface area contributed by atoms with Crippen molar-refractivity contribution in [2.45, 2.75) is 44.8 Å². The third-order valence-electron chi connectivity index (χ3n) is 4.36. The molecule has 2 N–H and O–H groups in total. The molecule has 1 atom stereocenters. The van der Waals surface area contributed by atoms with Crippen molar-refractivity contribution in [1.29, 1.82) is 0 Å². The number of nitrogens with zero attached hydrogens (tertiary/aromatic N) is 2. The number of benzene rings is 1. The Kier molecular flexibility index (Phi) is 5.54. The second-order valence-corrected chi connectivity index (χ2v) is 7.52. The van der Waals surface area contributed by atoms with Crippen LogP contribution in [0.15, 0.2) is 18.2 Å². The van der Waals surface area contributed by atoms with Crippen molar-refractivity contribution < 1.29 is 22.9 Å². The minimum absolute atomic E-state index is 0.168. The molecule has 0 bridgehead atoms. The summed E-state index contributed by atoms with van der Waals surface area (Å²) < 4.78 is 38.3. The van der Waals surface area contributed by atoms with E-state index in [9.17, 15) is 28.1 Å². The Labute approximate surface area is 162 Å². The number of carbonyl (C=O) groups is 1. The molecule has 1 aliphatic rings. The molecule has 0 spiro atoms. The summed E-state index contributed by atoms with van der Waals surface area (Å²) in [6, 6.07) is 1.21. The van der Waals surface area contributed by atoms with Crippen molar-refractivity contribution >= 4 is 33.8 Å². The molecule has 1 amide bonds. The number of rotatable bonds is 5. The number of fused-ring (bicyclic) bond motifs is 1. The van der Waals surface area contributed by atoms with Gasteiger partial charge in [-0.3, -0.25) is 14.9 Å². The number of thiazole rings is 1. The quantitative estimate of drug-likeness (QED) is 0.559. The summed E-state index contributed by atoms with van der Waals surface area (Å²) in [5, 5.41) is 16.9. The van der Waals surface area contributed by atoms with Crippen molar-refractivity contribution in [2.24, 2.45) is 0 Å². The van der Waals surface area contributed by atoms with Crippen LogP contribution >= 0.6 is 11.3 Å². The number of carbonyl (C=O) groups excluding carboxylic acids is 1. The average molecular weight is 414 g/mol. The molecule has 1 aliphatic carbocycles. The van der Waals surface area contributed by atoms with E-state index in [0.29, 0.717) is 11.2 Å². The first kappa shape index (κ1) is 20.1. The van der Waals surface area contributed by atoms with Crippen LogP contribution in [0.3, 0.4) is 0 Å². The van der Waals surface area contributed by atoms with E-state index in [-0.39, 0.29) is 5.69 Å². The average Bonchev–Trinajstić information content (AvgIpc) is 3.03. The van der Waals surface area contributed by atoms with Crippen LogP contribution in [0.4, 0.5) is 29.7 Å². The molecule has 3 rings (SSSR count). The van der Waals surface area contributed by atoms with E-state index in [0.717, 1.165) is 48.4 Å². The van der Waals surface area contributed by atoms with Gasteiger partial charge in [0.2, 0.25) is 5.91 Å². The van der Waals surface area contributed by atoms with Crippen molar-refractivity contribution in [2.75, 3.05) is 10.6 Å². The predicted octanol–water partition coefficient (Wildman–Crippen LogP) is 4.39. The summed E-state index contributed by atoms with van der Waals surface area (Å²) in [5.74, 6) is -0.486. The lowest BCUT2D eigenvalue weighted by molar-refractivity contribution is -0.384. The third kappa shape index (κ3) is 4.41. The normalized spacial score (nSPS) is 14.9. The monoisotopic (exact) mass is 414 g/mol. The highest BCUT2D eigenvalue weighted by Gasteiger charge is 2.33. The fourth-order valence-corrected chi connectivity index (χ4v) is 3.95. The van der Waals surface area contributed by atoms with Gasteiger partial charge in [-0.1, -0.05) is 0 Å². The lowest BCUT2D eigenvalue weighted by Gasteiger charge is -2.15. The summed E-state index contributed by atoms with van der Waals surface area (Å²) in [6.07, 6.45) is -0.768. The molecular formula is C17H17F3N4O3S. The molecule has 0 saturated heterocycles. The van der Waals surface area contributed by atoms with Crippen molar-refractivity contribution in [3.05, 3.63) is 44.4 Å². The minimum atomic E-state index is -4.70. The maximum Gasteiger partial charge on any atom is 0.416 e. The molecule has 0 saturated carbocycles. The van der Waals surface area contributed by atoms with Gasteiger partial charge in [0.15, 0.2) is 5.13 Å². The Hall–Kier alpha value is -2.69. The second-order valence-electron chi connectivity index (χ2n) is 6.44. The Morgan fingerprint density at radius 2 is 2.04 bits per heavy atom. The number of amides is 1. The molecule has 7 nitrogen and oxygen atoms in total. The van der Waals surface area contributed by atoms with Crippen LogP contribution in [0, 0.1) is 10.1 Å². The molecule has 0 radical (unpaired) electrons. The van der Waals surface area contributed by atoms with Crippen LogP contribution in [-0.2, 0) is 23.8 Å². The van der Waals surface area contributed by atoms with Crippen molar-refractivity contribution in [3.63, 3.8) is 0 Å². The fraction of sp³-hybridized carbons (Fsp3) is 0.412. The number of aryl methyl sites for hydroxylation is 2. The lowest BCUT2D eigenvalue weighted by Crippen LogP contribution is -2.32. The highest BCUT2D eigenvalue weighted by molar-refractivity contribution is 7.15. The molecule has 0 aliphatic heterocycles. The Morgan fingerprint density at radius 3 is 2.68 bits per heavy atom. The summed E-state index contributed by atoms with van der Waals surface area (Å²) in [4.78, 5) is 28.1. The van der Waals surface area contributed by atoms with Gasteiger partial charge in [0.05, 0.1) is 16.2 Å². The summed E-state index contributed by atoms with van der Waals surface area (Å²) in [5.41, 5.74) is -1.07. The number of alkyl halides is 3. The number of hydrogen-bond acceptors (Lipinski definition) is 6. The maximum atomic E-state index is 12.8. The molecular weight excluding hydrogens is 397 g/mol. The molecule has 1 aromatic heterocycles. The van der Waals surface area contributed by atoms with Crippen LogP contribution in [0.25, 0.3) is 0 Å². The van der Waals surface area contributed by atoms with Gasteiger partial charge < -0.3 is 10.6 Å². The van der Waals surface area contributed by atoms with Crippen LogP contribution in [0.5, 0.6) is 0 Å². The Bertz CT molecular complexity index is 890. The molecule has 11 heteroatoms. The molecule has 1 aromatic carbocycles. The molecule has 0 fully saturated rings. The van der Waals surface area contributed by atoms with Crippen LogP contribution in [0.2, 0.25) is 0 Å². The first-order valence-corrected chi connectivity index (χ1v) is 9.38. The van der Waals surface area contributed by atoms with E-state index in [4.69, 9.17) is 0 Å². The van der Waals surface area contributed by atoms with Gasteiger partial charge in [-0.05, 0) is 44.7 Å². The molecule has 28 heavy (non-hydrogen) atoms. The predicted molar refractivity (Wildman–Crippen MR) is 98.6 cm³/mol. The Balaban J connectivity index is 1.73. The van der Waals surface area contributed by atoms with E-state index in [1.165, 1.54) is 18.3 Å². The van der Waals surface area contributed by atoms with E-state index in [2.05, 4.69) is 15.6 Å². The van der Waals surface area contributed by atoms with E-state index in [1.807, 2.05) is 0 Å². The summed E-state index contributed by atoms with van der Waals surface area (Å²) in [7, 11) is 0. The highest BCUT2D eigenvalue weighted by atomic mass is 32.1. The number of nitrogens with one attached hydrogen (secondary N) is 2. The second kappa shape index (κ2) is 7.74. The van der Waals surface area contributed by atoms with Gasteiger partial charge in [-0.15, -0.1) is 11.3 Å². The minimum Gasteiger partial charge on any atom is -0.368 e. The highest BCUT2D eigenvalue weighted by Crippen LogP contribution is 2.35. The van der Waals surface area contributed by atoms with Gasteiger partial charge >= 0.3 is 6.18 Å². The van der Waals surface area contributed by atoms with E-state index >= 15 is 0 Å². The zero-order chi connectivity index (χ0) is 20.5. The smallest absolute Gasteiger partial charge is 0.368 e. The summed E-state index contributed by atoms with van der Waals surface area (Å²) >= 11 is 1.40. The van der Waals surface area contributed by atoms with Gasteiger partial charge in [0, 0.05) is 10.9 Å². The zero-order valence-corrected chi connectivity index (χ0v) is 15.6. The largest absolute Gasteiger partial charge is 0.416 e. The Morgan fingerprint density at radius 1 is 1.32 bits per heavy atom. The van der Waals surface area contributed by atoms with Gasteiger partial charge in [-0.25, -0.2) is 4.98 Å². The number of hydrogen-bond donors (Lipinski definition) is 2. The number of nitro benzene ring substituents is 1. The number of nitro groups is 1. The fourth-order valence-electron chi connectivity index (χ4n) is 2.90. The molecule has 2 aromatic rings. The van der Waals surface area contributed by atoms with Crippen molar-refractivity contribution in [3.8, 4) is 0 Å². The van der Waals surface area contributed by atoms with Crippen molar-refractivity contribution in [1.82, 2.24) is 4.98 Å². The maximum absolute atomic E-state index is 12.8. The first-order valence-electron chi connectivity index (χ1n) is 8.57. The molecule has 150 valence electrons. The zero-order valence-electron chi connectivity index (χ0n) is 14.8. The van der Waals surface area contributed by atoms with Gasteiger partial charge in [0.25, 0.3) is 5.69 Å². The van der Waals surface area contributed by atoms with Gasteiger partial charge in [0.1, 0.15) is 11.7 Å². The number of halogens is 3. The SMILES string of the molecule is C[C@H](Nc1ccc(C(F)(F)F)cc1[N+](=O)[O-])C(=O)Nc1nc2c(s1)CCCC2. The number of anilines is 2. The van der Waals surface area contributed by atoms with Crippen LogP contribution in [-0.4, -0.2) is 21.9 Å². The standard InChI is InChI=1S/C17H17F3N4O3S/c1-9(15(25)23-16-22-12-4-2-3-5-14(12)28-16)21-11-7-6-10(17(18,19)20)8-13(11)24(26)27/h6-9,21H,2-5H2,1H3,(H,22,23,25)/t9-/m0/s1. The van der Waals surface area contributed by atoms with Gasteiger partial charge in [-0.2, -0.15) is 13.2 Å². The van der Waals surface area contributed by atoms with E-state index < -0.39 is 34.3 Å². The third-order valence-corrected chi connectivity index (χ3v) is 5.44. The lowest BCUT2D eigenvalue weighted by atomic mass is 10.0. The first-order chi connectivity index (χ1) is 13.1. The molecule has 1 heterocycles. The summed E-state index contributed by atoms with van der Waals surface area (Å²) in [6.45, 7) is 1.46. The van der Waals surface area contributed by atoms with Crippen LogP contribution in [0.1, 0.15) is 35.9 Å². The topological polar surface area (TPSA) is 97.2 Å². The number of aromatic nitrogens is 1. The molecule has 0 unspecified atom stereocenters. The van der Waals surface area contributed by atoms with E-state index in [1.54, 1.807) is 0 Å². The van der Waals surface area contributed by atoms with Crippen LogP contribution < -0.4 is 10.6 Å².